The van der Waals surface area contributed by atoms with Crippen LogP contribution in [0.15, 0.2) is 18.2 Å². The monoisotopic (exact) mass is 393 g/mol. The number of carbonyl (C=O) groups is 2. The number of nitrogens with one attached hydrogen (secondary N) is 1. The first kappa shape index (κ1) is 22.0. The summed E-state index contributed by atoms with van der Waals surface area (Å²) in [6.45, 7) is 3.33. The first-order chi connectivity index (χ1) is 13.4. The fraction of sp³-hybridized carbons (Fsp3) is 0.619. The molecule has 1 fully saturated rings. The second kappa shape index (κ2) is 10.3. The minimum atomic E-state index is -1.68. The van der Waals surface area contributed by atoms with E-state index < -0.39 is 17.4 Å². The summed E-state index contributed by atoms with van der Waals surface area (Å²) in [5, 5.41) is 21.9. The van der Waals surface area contributed by atoms with Crippen LogP contribution in [-0.2, 0) is 16.1 Å². The van der Waals surface area contributed by atoms with Gasteiger partial charge in [-0.05, 0) is 43.4 Å². The van der Waals surface area contributed by atoms with Crippen molar-refractivity contribution in [1.29, 1.82) is 0 Å². The lowest BCUT2D eigenvalue weighted by Crippen LogP contribution is -2.39. The molecule has 1 aromatic rings. The highest BCUT2D eigenvalue weighted by Gasteiger charge is 2.51. The van der Waals surface area contributed by atoms with Crippen LogP contribution in [0.5, 0.6) is 11.5 Å². The lowest BCUT2D eigenvalue weighted by molar-refractivity contribution is -0.164. The van der Waals surface area contributed by atoms with Crippen molar-refractivity contribution < 1.29 is 29.3 Å². The first-order valence-corrected chi connectivity index (χ1v) is 9.93. The normalized spacial score (nSPS) is 18.0. The molecule has 2 rings (SSSR count). The Morgan fingerprint density at radius 1 is 1.18 bits per heavy atom. The van der Waals surface area contributed by atoms with Gasteiger partial charge in [0.25, 0.3) is 0 Å². The van der Waals surface area contributed by atoms with E-state index in [1.807, 2.05) is 18.2 Å². The zero-order chi connectivity index (χ0) is 20.6. The van der Waals surface area contributed by atoms with Gasteiger partial charge in [0.1, 0.15) is 0 Å². The predicted molar refractivity (Wildman–Crippen MR) is 105 cm³/mol. The maximum atomic E-state index is 11.4. The molecule has 7 nitrogen and oxygen atoms in total. The van der Waals surface area contributed by atoms with Crippen molar-refractivity contribution in [2.45, 2.75) is 64.5 Å². The van der Waals surface area contributed by atoms with Gasteiger partial charge in [-0.15, -0.1) is 0 Å². The fourth-order valence-corrected chi connectivity index (χ4v) is 3.61. The fourth-order valence-electron chi connectivity index (χ4n) is 3.61. The van der Waals surface area contributed by atoms with Gasteiger partial charge in [-0.1, -0.05) is 32.3 Å². The number of unbranched alkanes of at least 4 members (excludes halogenated alkanes) is 3. The summed E-state index contributed by atoms with van der Waals surface area (Å²) >= 11 is 0. The lowest BCUT2D eigenvalue weighted by Gasteiger charge is -2.19. The summed E-state index contributed by atoms with van der Waals surface area (Å²) < 4.78 is 11.2. The smallest absolute Gasteiger partial charge is 0.321 e. The molecule has 0 saturated heterocycles. The Morgan fingerprint density at radius 3 is 2.54 bits per heavy atom. The van der Waals surface area contributed by atoms with Crippen molar-refractivity contribution in [2.75, 3.05) is 13.7 Å². The number of benzene rings is 1. The first-order valence-electron chi connectivity index (χ1n) is 9.93. The van der Waals surface area contributed by atoms with Gasteiger partial charge in [0, 0.05) is 12.6 Å². The van der Waals surface area contributed by atoms with Crippen molar-refractivity contribution in [2.24, 2.45) is 5.41 Å². The van der Waals surface area contributed by atoms with Gasteiger partial charge in [-0.25, -0.2) is 0 Å². The molecule has 1 atom stereocenters. The second-order valence-electron chi connectivity index (χ2n) is 7.41. The highest BCUT2D eigenvalue weighted by molar-refractivity contribution is 5.98. The van der Waals surface area contributed by atoms with Crippen LogP contribution < -0.4 is 14.8 Å². The highest BCUT2D eigenvalue weighted by Crippen LogP contribution is 2.39. The Kier molecular flexibility index (Phi) is 8.11. The van der Waals surface area contributed by atoms with Gasteiger partial charge >= 0.3 is 11.9 Å². The van der Waals surface area contributed by atoms with Crippen LogP contribution in [0.1, 0.15) is 57.4 Å². The number of ether oxygens (including phenoxy) is 2. The van der Waals surface area contributed by atoms with Crippen molar-refractivity contribution in [1.82, 2.24) is 5.32 Å². The summed E-state index contributed by atoms with van der Waals surface area (Å²) in [5.41, 5.74) is -0.705. The van der Waals surface area contributed by atoms with Gasteiger partial charge in [-0.3, -0.25) is 9.59 Å². The lowest BCUT2D eigenvalue weighted by atomic mass is 9.86. The van der Waals surface area contributed by atoms with Crippen LogP contribution >= 0.6 is 0 Å². The standard InChI is InChI=1S/C21H31NO6/c1-3-4-5-6-11-28-17-8-7-15(12-18(17)27-2)14-22-16-9-10-21(13-16,19(23)24)20(25)26/h7-8,12,16,22H,3-6,9-11,13-14H2,1-2H3,(H,23,24)(H,25,26). The number of hydrogen-bond donors (Lipinski definition) is 3. The Labute approximate surface area is 166 Å². The Bertz CT molecular complexity index is 661. The molecule has 0 bridgehead atoms. The van der Waals surface area contributed by atoms with Gasteiger partial charge < -0.3 is 25.0 Å². The summed E-state index contributed by atoms with van der Waals surface area (Å²) in [6, 6.07) is 5.56. The third-order valence-corrected chi connectivity index (χ3v) is 5.41. The molecule has 1 unspecified atom stereocenters. The van der Waals surface area contributed by atoms with Crippen LogP contribution in [0.4, 0.5) is 0 Å². The van der Waals surface area contributed by atoms with Crippen LogP contribution in [-0.4, -0.2) is 41.9 Å². The van der Waals surface area contributed by atoms with Crippen LogP contribution in [0.2, 0.25) is 0 Å². The zero-order valence-corrected chi connectivity index (χ0v) is 16.7. The van der Waals surface area contributed by atoms with Gasteiger partial charge in [0.05, 0.1) is 13.7 Å². The molecule has 0 heterocycles. The van der Waals surface area contributed by atoms with E-state index in [-0.39, 0.29) is 18.9 Å². The van der Waals surface area contributed by atoms with Gasteiger partial charge in [0.15, 0.2) is 16.9 Å². The van der Waals surface area contributed by atoms with Gasteiger partial charge in [0.2, 0.25) is 0 Å². The number of carboxylic acid groups (broad SMARTS) is 2. The second-order valence-corrected chi connectivity index (χ2v) is 7.41. The van der Waals surface area contributed by atoms with E-state index >= 15 is 0 Å². The molecule has 1 aromatic carbocycles. The van der Waals surface area contributed by atoms with E-state index in [9.17, 15) is 19.8 Å². The van der Waals surface area contributed by atoms with Crippen molar-refractivity contribution in [3.63, 3.8) is 0 Å². The minimum Gasteiger partial charge on any atom is -0.493 e. The molecule has 0 amide bonds. The molecule has 1 aliphatic rings. The molecule has 7 heteroatoms. The summed E-state index contributed by atoms with van der Waals surface area (Å²) in [5.74, 6) is -1.15. The number of rotatable bonds is 12. The largest absolute Gasteiger partial charge is 0.493 e. The van der Waals surface area contributed by atoms with E-state index in [0.29, 0.717) is 31.1 Å². The minimum absolute atomic E-state index is 0.0910. The maximum Gasteiger partial charge on any atom is 0.321 e. The summed E-state index contributed by atoms with van der Waals surface area (Å²) in [6.07, 6.45) is 5.31. The van der Waals surface area contributed by atoms with E-state index in [4.69, 9.17) is 9.47 Å². The summed E-state index contributed by atoms with van der Waals surface area (Å²) in [7, 11) is 1.60. The molecule has 3 N–H and O–H groups in total. The topological polar surface area (TPSA) is 105 Å². The molecule has 156 valence electrons. The van der Waals surface area contributed by atoms with Crippen molar-refractivity contribution >= 4 is 11.9 Å². The Hall–Kier alpha value is -2.28. The molecule has 0 aliphatic heterocycles. The van der Waals surface area contributed by atoms with Crippen LogP contribution in [0, 0.1) is 5.41 Å². The maximum absolute atomic E-state index is 11.4. The van der Waals surface area contributed by atoms with E-state index in [1.165, 1.54) is 12.8 Å². The SMILES string of the molecule is CCCCCCOc1ccc(CNC2CCC(C(=O)O)(C(=O)O)C2)cc1OC. The number of hydrogen-bond acceptors (Lipinski definition) is 5. The number of methoxy groups -OCH3 is 1. The average molecular weight is 393 g/mol. The molecular weight excluding hydrogens is 362 g/mol. The molecule has 1 saturated carbocycles. The predicted octanol–water partition coefficient (Wildman–Crippen LogP) is 3.45. The average Bonchev–Trinajstić information content (AvgIpc) is 3.12. The molecule has 0 radical (unpaired) electrons. The van der Waals surface area contributed by atoms with E-state index in [2.05, 4.69) is 12.2 Å². The van der Waals surface area contributed by atoms with E-state index in [0.717, 1.165) is 18.4 Å². The molecular formula is C21H31NO6. The third kappa shape index (κ3) is 5.38. The third-order valence-electron chi connectivity index (χ3n) is 5.41. The number of carboxylic acids is 2. The van der Waals surface area contributed by atoms with Crippen LogP contribution in [0.3, 0.4) is 0 Å². The quantitative estimate of drug-likeness (QED) is 0.369. The molecule has 0 aromatic heterocycles. The van der Waals surface area contributed by atoms with E-state index in [1.54, 1.807) is 7.11 Å². The number of aliphatic carboxylic acids is 2. The Balaban J connectivity index is 1.89. The molecule has 1 aliphatic carbocycles. The molecule has 28 heavy (non-hydrogen) atoms. The molecule has 0 spiro atoms. The summed E-state index contributed by atoms with van der Waals surface area (Å²) in [4.78, 5) is 22.8. The van der Waals surface area contributed by atoms with Crippen molar-refractivity contribution in [3.05, 3.63) is 23.8 Å². The van der Waals surface area contributed by atoms with Crippen LogP contribution in [0.25, 0.3) is 0 Å². The van der Waals surface area contributed by atoms with Gasteiger partial charge in [-0.2, -0.15) is 0 Å². The van der Waals surface area contributed by atoms with Crippen molar-refractivity contribution in [3.8, 4) is 11.5 Å². The highest BCUT2D eigenvalue weighted by atomic mass is 16.5. The zero-order valence-electron chi connectivity index (χ0n) is 16.7. The Morgan fingerprint density at radius 2 is 1.93 bits per heavy atom.